The van der Waals surface area contributed by atoms with Crippen molar-refractivity contribution in [1.29, 1.82) is 0 Å². The third-order valence-corrected chi connectivity index (χ3v) is 6.83. The Morgan fingerprint density at radius 1 is 1.14 bits per heavy atom. The number of benzene rings is 2. The van der Waals surface area contributed by atoms with Crippen molar-refractivity contribution in [3.63, 3.8) is 0 Å². The molecule has 1 amide bonds. The van der Waals surface area contributed by atoms with Gasteiger partial charge < -0.3 is 18.9 Å². The van der Waals surface area contributed by atoms with E-state index >= 15 is 0 Å². The second kappa shape index (κ2) is 8.52. The molecule has 8 heteroatoms. The molecule has 2 aromatic carbocycles. The number of hydrogen-bond donors (Lipinski definition) is 0. The van der Waals surface area contributed by atoms with E-state index in [1.54, 1.807) is 30.5 Å². The summed E-state index contributed by atoms with van der Waals surface area (Å²) in [6.07, 6.45) is 6.68. The summed E-state index contributed by atoms with van der Waals surface area (Å²) in [7, 11) is 1.59. The number of amides is 1. The van der Waals surface area contributed by atoms with E-state index in [2.05, 4.69) is 4.98 Å². The fourth-order valence-electron chi connectivity index (χ4n) is 5.14. The average molecular weight is 480 g/mol. The van der Waals surface area contributed by atoms with Gasteiger partial charge in [0, 0.05) is 6.20 Å². The van der Waals surface area contributed by atoms with Gasteiger partial charge in [0.05, 0.1) is 36.9 Å². The van der Waals surface area contributed by atoms with E-state index < -0.39 is 17.2 Å². The van der Waals surface area contributed by atoms with Crippen molar-refractivity contribution in [3.05, 3.63) is 83.1 Å². The summed E-state index contributed by atoms with van der Waals surface area (Å²) >= 11 is 0. The number of nitrogens with zero attached hydrogens (tertiary/aromatic N) is 3. The highest BCUT2D eigenvalue weighted by molar-refractivity contribution is 5.97. The largest absolute Gasteiger partial charge is 0.495 e. The second-order valence-electron chi connectivity index (χ2n) is 9.56. The zero-order valence-corrected chi connectivity index (χ0v) is 20.1. The van der Waals surface area contributed by atoms with Gasteiger partial charge in [0.15, 0.2) is 17.4 Å². The maximum atomic E-state index is 14.0. The van der Waals surface area contributed by atoms with Crippen molar-refractivity contribution in [2.75, 3.05) is 7.11 Å². The lowest BCUT2D eigenvalue weighted by atomic mass is 9.94. The van der Waals surface area contributed by atoms with Gasteiger partial charge in [-0.2, -0.15) is 0 Å². The number of ether oxygens (including phenoxy) is 2. The minimum absolute atomic E-state index is 0.174. The first kappa shape index (κ1) is 23.1. The van der Waals surface area contributed by atoms with Gasteiger partial charge in [-0.25, -0.2) is 13.8 Å². The summed E-state index contributed by atoms with van der Waals surface area (Å²) in [5, 5.41) is 0. The van der Waals surface area contributed by atoms with Gasteiger partial charge in [-0.15, -0.1) is 0 Å². The summed E-state index contributed by atoms with van der Waals surface area (Å²) in [6, 6.07) is 8.93. The SMILES string of the molecule is COc1cc(C=C2OC(C)(C)[C@H]3CC[C@@H](c4ccc(F)c(F)c4)N3C2=O)ccc1-n1cnc(C)c1. The molecule has 2 fully saturated rings. The van der Waals surface area contributed by atoms with Crippen LogP contribution in [-0.2, 0) is 9.53 Å². The lowest BCUT2D eigenvalue weighted by Crippen LogP contribution is -2.55. The zero-order chi connectivity index (χ0) is 24.9. The standard InChI is InChI=1S/C27H27F2N3O3/c1-16-14-31(15-30-16)22-8-5-17(11-23(22)34-4)12-24-26(33)32-21(9-10-25(32)27(2,3)35-24)18-6-7-19(28)20(29)13-18/h5-8,11-15,21,25H,9-10H2,1-4H3/t21-,25+/m0/s1. The van der Waals surface area contributed by atoms with Crippen LogP contribution in [0.15, 0.2) is 54.7 Å². The van der Waals surface area contributed by atoms with Crippen LogP contribution < -0.4 is 4.74 Å². The molecular formula is C27H27F2N3O3. The topological polar surface area (TPSA) is 56.6 Å². The normalized spacial score (nSPS) is 22.3. The van der Waals surface area contributed by atoms with Crippen LogP contribution in [0.25, 0.3) is 11.8 Å². The minimum Gasteiger partial charge on any atom is -0.495 e. The average Bonchev–Trinajstić information content (AvgIpc) is 3.46. The predicted molar refractivity (Wildman–Crippen MR) is 127 cm³/mol. The third kappa shape index (κ3) is 4.07. The van der Waals surface area contributed by atoms with Crippen LogP contribution in [0, 0.1) is 18.6 Å². The van der Waals surface area contributed by atoms with Crippen LogP contribution in [0.1, 0.15) is 49.6 Å². The summed E-state index contributed by atoms with van der Waals surface area (Å²) in [6.45, 7) is 5.81. The van der Waals surface area contributed by atoms with Gasteiger partial charge >= 0.3 is 0 Å². The molecule has 5 rings (SSSR count). The number of imidazole rings is 1. The lowest BCUT2D eigenvalue weighted by molar-refractivity contribution is -0.155. The molecule has 6 nitrogen and oxygen atoms in total. The van der Waals surface area contributed by atoms with Crippen molar-refractivity contribution in [1.82, 2.24) is 14.5 Å². The molecule has 2 atom stereocenters. The molecule has 0 spiro atoms. The van der Waals surface area contributed by atoms with E-state index in [0.29, 0.717) is 24.2 Å². The number of halogens is 2. The number of rotatable bonds is 4. The number of hydrogen-bond acceptors (Lipinski definition) is 4. The molecule has 2 aliphatic rings. The first-order valence-corrected chi connectivity index (χ1v) is 11.6. The smallest absolute Gasteiger partial charge is 0.289 e. The quantitative estimate of drug-likeness (QED) is 0.474. The van der Waals surface area contributed by atoms with Gasteiger partial charge in [0.2, 0.25) is 0 Å². The molecule has 0 radical (unpaired) electrons. The monoisotopic (exact) mass is 479 g/mol. The Labute approximate surface area is 202 Å². The van der Waals surface area contributed by atoms with Crippen molar-refractivity contribution >= 4 is 12.0 Å². The highest BCUT2D eigenvalue weighted by Gasteiger charge is 2.51. The highest BCUT2D eigenvalue weighted by Crippen LogP contribution is 2.46. The third-order valence-electron chi connectivity index (χ3n) is 6.83. The molecule has 3 aromatic rings. The predicted octanol–water partition coefficient (Wildman–Crippen LogP) is 5.35. The second-order valence-corrected chi connectivity index (χ2v) is 9.56. The summed E-state index contributed by atoms with van der Waals surface area (Å²) in [5.74, 6) is -1.26. The molecule has 0 bridgehead atoms. The van der Waals surface area contributed by atoms with Crippen LogP contribution in [0.4, 0.5) is 8.78 Å². The zero-order valence-electron chi connectivity index (χ0n) is 20.1. The summed E-state index contributed by atoms with van der Waals surface area (Å²) in [4.78, 5) is 19.6. The minimum atomic E-state index is -0.915. The Morgan fingerprint density at radius 2 is 1.94 bits per heavy atom. The van der Waals surface area contributed by atoms with Crippen molar-refractivity contribution in [2.45, 2.75) is 51.3 Å². The molecule has 2 saturated heterocycles. The van der Waals surface area contributed by atoms with E-state index in [9.17, 15) is 13.6 Å². The summed E-state index contributed by atoms with van der Waals surface area (Å²) < 4.78 is 41.2. The van der Waals surface area contributed by atoms with Gasteiger partial charge in [0.1, 0.15) is 11.4 Å². The molecule has 0 saturated carbocycles. The molecule has 182 valence electrons. The van der Waals surface area contributed by atoms with E-state index in [0.717, 1.165) is 23.0 Å². The van der Waals surface area contributed by atoms with E-state index in [1.165, 1.54) is 6.07 Å². The summed E-state index contributed by atoms with van der Waals surface area (Å²) in [5.41, 5.74) is 2.38. The van der Waals surface area contributed by atoms with Gasteiger partial charge in [-0.05, 0) is 75.1 Å². The van der Waals surface area contributed by atoms with Crippen LogP contribution in [0.3, 0.4) is 0 Å². The maximum absolute atomic E-state index is 14.0. The molecular weight excluding hydrogens is 452 g/mol. The first-order valence-electron chi connectivity index (χ1n) is 11.6. The number of carbonyl (C=O) groups is 1. The molecule has 3 heterocycles. The van der Waals surface area contributed by atoms with Crippen LogP contribution >= 0.6 is 0 Å². The van der Waals surface area contributed by atoms with Crippen LogP contribution in [-0.4, -0.2) is 39.1 Å². The number of aryl methyl sites for hydroxylation is 1. The van der Waals surface area contributed by atoms with Crippen molar-refractivity contribution < 1.29 is 23.0 Å². The van der Waals surface area contributed by atoms with Crippen molar-refractivity contribution in [3.8, 4) is 11.4 Å². The van der Waals surface area contributed by atoms with Gasteiger partial charge in [0.25, 0.3) is 5.91 Å². The molecule has 0 unspecified atom stereocenters. The Kier molecular flexibility index (Phi) is 5.62. The van der Waals surface area contributed by atoms with Gasteiger partial charge in [-0.3, -0.25) is 4.79 Å². The van der Waals surface area contributed by atoms with Crippen LogP contribution in [0.5, 0.6) is 5.75 Å². The Balaban J connectivity index is 1.50. The Bertz CT molecular complexity index is 1330. The number of aromatic nitrogens is 2. The molecule has 35 heavy (non-hydrogen) atoms. The first-order chi connectivity index (χ1) is 16.7. The van der Waals surface area contributed by atoms with E-state index in [4.69, 9.17) is 9.47 Å². The van der Waals surface area contributed by atoms with E-state index in [1.807, 2.05) is 49.7 Å². The molecule has 1 aromatic heterocycles. The van der Waals surface area contributed by atoms with Crippen molar-refractivity contribution in [2.24, 2.45) is 0 Å². The number of methoxy groups -OCH3 is 1. The maximum Gasteiger partial charge on any atom is 0.289 e. The Morgan fingerprint density at radius 3 is 2.63 bits per heavy atom. The fraction of sp³-hybridized carbons (Fsp3) is 0.333. The number of fused-ring (bicyclic) bond motifs is 1. The van der Waals surface area contributed by atoms with E-state index in [-0.39, 0.29) is 23.8 Å². The van der Waals surface area contributed by atoms with Crippen LogP contribution in [0.2, 0.25) is 0 Å². The highest BCUT2D eigenvalue weighted by atomic mass is 19.2. The molecule has 0 N–H and O–H groups in total. The lowest BCUT2D eigenvalue weighted by Gasteiger charge is -2.45. The number of morpholine rings is 1. The fourth-order valence-corrected chi connectivity index (χ4v) is 5.14. The number of carbonyl (C=O) groups excluding carboxylic acids is 1. The molecule has 0 aliphatic carbocycles. The molecule has 2 aliphatic heterocycles. The Hall–Kier alpha value is -3.68. The van der Waals surface area contributed by atoms with Gasteiger partial charge in [-0.1, -0.05) is 12.1 Å².